The first-order chi connectivity index (χ1) is 10.8. The number of esters is 1. The molecule has 0 aromatic heterocycles. The maximum absolute atomic E-state index is 11.9. The Morgan fingerprint density at radius 1 is 1.00 bits per heavy atom. The summed E-state index contributed by atoms with van der Waals surface area (Å²) < 4.78 is 11.0. The zero-order chi connectivity index (χ0) is 15.2. The highest BCUT2D eigenvalue weighted by Gasteiger charge is 2.37. The molecular formula is C18H19NO3. The summed E-state index contributed by atoms with van der Waals surface area (Å²) in [7, 11) is 0. The average molecular weight is 297 g/mol. The van der Waals surface area contributed by atoms with Crippen LogP contribution in [0.5, 0.6) is 0 Å². The first-order valence-corrected chi connectivity index (χ1v) is 7.42. The lowest BCUT2D eigenvalue weighted by molar-refractivity contribution is -0.139. The van der Waals surface area contributed by atoms with Gasteiger partial charge < -0.3 is 9.47 Å². The summed E-state index contributed by atoms with van der Waals surface area (Å²) in [5.74, 6) is -0.242. The molecule has 0 saturated carbocycles. The minimum absolute atomic E-state index is 0.242. The van der Waals surface area contributed by atoms with Gasteiger partial charge in [0.05, 0.1) is 6.61 Å². The number of ether oxygens (including phenoxy) is 2. The summed E-state index contributed by atoms with van der Waals surface area (Å²) in [6.45, 7) is 1.40. The number of cyclic esters (lactones) is 1. The molecule has 2 aromatic rings. The zero-order valence-electron chi connectivity index (χ0n) is 12.3. The van der Waals surface area contributed by atoms with Crippen molar-refractivity contribution in [3.63, 3.8) is 0 Å². The van der Waals surface area contributed by atoms with E-state index in [0.717, 1.165) is 11.1 Å². The van der Waals surface area contributed by atoms with Crippen molar-refractivity contribution in [2.24, 2.45) is 0 Å². The van der Waals surface area contributed by atoms with Gasteiger partial charge in [0.15, 0.2) is 0 Å². The third kappa shape index (κ3) is 3.72. The van der Waals surface area contributed by atoms with Gasteiger partial charge in [-0.2, -0.15) is 0 Å². The van der Waals surface area contributed by atoms with E-state index in [2.05, 4.69) is 5.32 Å². The highest BCUT2D eigenvalue weighted by Crippen LogP contribution is 2.15. The number of benzene rings is 2. The maximum atomic E-state index is 11.9. The second-order valence-corrected chi connectivity index (χ2v) is 5.31. The Morgan fingerprint density at radius 3 is 2.32 bits per heavy atom. The van der Waals surface area contributed by atoms with Gasteiger partial charge in [-0.15, -0.1) is 0 Å². The first kappa shape index (κ1) is 14.8. The van der Waals surface area contributed by atoms with Crippen LogP contribution in [0.1, 0.15) is 11.1 Å². The van der Waals surface area contributed by atoms with E-state index >= 15 is 0 Å². The molecule has 1 aliphatic rings. The molecule has 1 heterocycles. The lowest BCUT2D eigenvalue weighted by Crippen LogP contribution is -2.42. The van der Waals surface area contributed by atoms with Gasteiger partial charge in [0.1, 0.15) is 18.8 Å². The largest absolute Gasteiger partial charge is 0.462 e. The molecule has 1 aliphatic heterocycles. The van der Waals surface area contributed by atoms with Gasteiger partial charge in [0.25, 0.3) is 0 Å². The molecule has 2 atom stereocenters. The van der Waals surface area contributed by atoms with E-state index in [-0.39, 0.29) is 12.1 Å². The molecule has 0 spiro atoms. The fraction of sp³-hybridized carbons (Fsp3) is 0.278. The van der Waals surface area contributed by atoms with Crippen molar-refractivity contribution in [3.05, 3.63) is 71.8 Å². The Kier molecular flexibility index (Phi) is 4.83. The Morgan fingerprint density at radius 2 is 1.64 bits per heavy atom. The quantitative estimate of drug-likeness (QED) is 0.831. The molecule has 0 amide bonds. The molecule has 1 saturated heterocycles. The topological polar surface area (TPSA) is 47.6 Å². The van der Waals surface area contributed by atoms with E-state index in [0.29, 0.717) is 19.8 Å². The SMILES string of the molecule is O=C1OC[C@H](OCc2ccccc2)[C@@H]1NCc1ccccc1. The highest BCUT2D eigenvalue weighted by molar-refractivity contribution is 5.78. The minimum Gasteiger partial charge on any atom is -0.462 e. The summed E-state index contributed by atoms with van der Waals surface area (Å²) in [5, 5.41) is 3.23. The predicted molar refractivity (Wildman–Crippen MR) is 83.0 cm³/mol. The Labute approximate surface area is 130 Å². The van der Waals surface area contributed by atoms with Crippen LogP contribution in [-0.2, 0) is 27.4 Å². The predicted octanol–water partition coefficient (Wildman–Crippen LogP) is 2.29. The van der Waals surface area contributed by atoms with Crippen molar-refractivity contribution < 1.29 is 14.3 Å². The number of hydrogen-bond acceptors (Lipinski definition) is 4. The van der Waals surface area contributed by atoms with Gasteiger partial charge in [0, 0.05) is 6.54 Å². The molecule has 2 aromatic carbocycles. The molecule has 4 heteroatoms. The fourth-order valence-electron chi connectivity index (χ4n) is 2.46. The van der Waals surface area contributed by atoms with Crippen LogP contribution in [0.25, 0.3) is 0 Å². The Bertz CT molecular complexity index is 600. The van der Waals surface area contributed by atoms with Crippen molar-refractivity contribution in [2.45, 2.75) is 25.3 Å². The van der Waals surface area contributed by atoms with Crippen LogP contribution in [0.3, 0.4) is 0 Å². The Balaban J connectivity index is 1.55. The van der Waals surface area contributed by atoms with Crippen molar-refractivity contribution >= 4 is 5.97 Å². The number of hydrogen-bond donors (Lipinski definition) is 1. The van der Waals surface area contributed by atoms with Crippen LogP contribution in [0, 0.1) is 0 Å². The third-order valence-electron chi connectivity index (χ3n) is 3.69. The molecule has 114 valence electrons. The van der Waals surface area contributed by atoms with E-state index in [1.54, 1.807) is 0 Å². The summed E-state index contributed by atoms with van der Waals surface area (Å²) in [5.41, 5.74) is 2.22. The van der Waals surface area contributed by atoms with Crippen LogP contribution >= 0.6 is 0 Å². The van der Waals surface area contributed by atoms with E-state index in [1.807, 2.05) is 60.7 Å². The van der Waals surface area contributed by atoms with Crippen LogP contribution in [0.2, 0.25) is 0 Å². The summed E-state index contributed by atoms with van der Waals surface area (Å²) in [6.07, 6.45) is -0.253. The van der Waals surface area contributed by atoms with Crippen LogP contribution < -0.4 is 5.32 Å². The molecule has 0 radical (unpaired) electrons. The van der Waals surface area contributed by atoms with Gasteiger partial charge in [-0.25, -0.2) is 0 Å². The first-order valence-electron chi connectivity index (χ1n) is 7.42. The number of carbonyl (C=O) groups excluding carboxylic acids is 1. The maximum Gasteiger partial charge on any atom is 0.326 e. The lowest BCUT2D eigenvalue weighted by Gasteiger charge is -2.17. The van der Waals surface area contributed by atoms with Crippen molar-refractivity contribution in [2.75, 3.05) is 6.61 Å². The van der Waals surface area contributed by atoms with Gasteiger partial charge in [-0.05, 0) is 11.1 Å². The molecule has 1 N–H and O–H groups in total. The molecule has 22 heavy (non-hydrogen) atoms. The van der Waals surface area contributed by atoms with E-state index in [9.17, 15) is 4.79 Å². The molecule has 0 unspecified atom stereocenters. The van der Waals surface area contributed by atoms with Gasteiger partial charge in [0.2, 0.25) is 0 Å². The van der Waals surface area contributed by atoms with Crippen molar-refractivity contribution in [1.29, 1.82) is 0 Å². The molecule has 0 aliphatic carbocycles. The van der Waals surface area contributed by atoms with Gasteiger partial charge in [-0.3, -0.25) is 10.1 Å². The van der Waals surface area contributed by atoms with E-state index in [1.165, 1.54) is 0 Å². The third-order valence-corrected chi connectivity index (χ3v) is 3.69. The summed E-state index contributed by atoms with van der Waals surface area (Å²) >= 11 is 0. The number of carbonyl (C=O) groups is 1. The van der Waals surface area contributed by atoms with Crippen LogP contribution in [0.15, 0.2) is 60.7 Å². The molecule has 0 bridgehead atoms. The molecule has 3 rings (SSSR count). The number of nitrogens with one attached hydrogen (secondary N) is 1. The molecule has 4 nitrogen and oxygen atoms in total. The highest BCUT2D eigenvalue weighted by atomic mass is 16.6. The number of rotatable bonds is 6. The van der Waals surface area contributed by atoms with Crippen LogP contribution in [-0.4, -0.2) is 24.7 Å². The second-order valence-electron chi connectivity index (χ2n) is 5.31. The average Bonchev–Trinajstić information content (AvgIpc) is 2.93. The summed E-state index contributed by atoms with van der Waals surface area (Å²) in [4.78, 5) is 11.9. The minimum atomic E-state index is -0.413. The molecule has 1 fully saturated rings. The zero-order valence-corrected chi connectivity index (χ0v) is 12.3. The summed E-state index contributed by atoms with van der Waals surface area (Å²) in [6, 6.07) is 19.5. The smallest absolute Gasteiger partial charge is 0.326 e. The van der Waals surface area contributed by atoms with Gasteiger partial charge >= 0.3 is 5.97 Å². The Hall–Kier alpha value is -2.17. The van der Waals surface area contributed by atoms with E-state index in [4.69, 9.17) is 9.47 Å². The normalized spacial score (nSPS) is 20.8. The van der Waals surface area contributed by atoms with Crippen LogP contribution in [0.4, 0.5) is 0 Å². The van der Waals surface area contributed by atoms with Gasteiger partial charge in [-0.1, -0.05) is 60.7 Å². The second kappa shape index (κ2) is 7.20. The fourth-order valence-corrected chi connectivity index (χ4v) is 2.46. The lowest BCUT2D eigenvalue weighted by atomic mass is 10.1. The monoisotopic (exact) mass is 297 g/mol. The standard InChI is InChI=1S/C18H19NO3/c20-18-17(19-11-14-7-3-1-4-8-14)16(13-22-18)21-12-15-9-5-2-6-10-15/h1-10,16-17,19H,11-13H2/t16-,17-/m0/s1. The van der Waals surface area contributed by atoms with E-state index < -0.39 is 6.04 Å². The molecular weight excluding hydrogens is 278 g/mol. The van der Waals surface area contributed by atoms with Crippen molar-refractivity contribution in [3.8, 4) is 0 Å². The van der Waals surface area contributed by atoms with Crippen molar-refractivity contribution in [1.82, 2.24) is 5.32 Å².